The molecule has 2 aromatic carbocycles. The van der Waals surface area contributed by atoms with Crippen LogP contribution in [0.2, 0.25) is 0 Å². The molecule has 0 radical (unpaired) electrons. The summed E-state index contributed by atoms with van der Waals surface area (Å²) in [6.07, 6.45) is 1.68. The van der Waals surface area contributed by atoms with Crippen molar-refractivity contribution in [1.82, 2.24) is 20.2 Å². The molecule has 8 nitrogen and oxygen atoms in total. The molecule has 3 N–H and O–H groups in total. The number of aromatic nitrogens is 4. The van der Waals surface area contributed by atoms with E-state index in [1.165, 1.54) is 23.1 Å². The van der Waals surface area contributed by atoms with Crippen LogP contribution in [0.5, 0.6) is 0 Å². The topological polar surface area (TPSA) is 108 Å². The van der Waals surface area contributed by atoms with E-state index in [1.807, 2.05) is 54.6 Å². The van der Waals surface area contributed by atoms with Gasteiger partial charge >= 0.3 is 0 Å². The first-order chi connectivity index (χ1) is 13.8. The zero-order chi connectivity index (χ0) is 19.2. The summed E-state index contributed by atoms with van der Waals surface area (Å²) in [5.41, 5.74) is 4.61. The number of anilines is 2. The average Bonchev–Trinajstić information content (AvgIpc) is 3.33. The van der Waals surface area contributed by atoms with E-state index in [1.54, 1.807) is 6.21 Å². The Labute approximate surface area is 168 Å². The summed E-state index contributed by atoms with van der Waals surface area (Å²) >= 11 is 2.67. The molecule has 0 atom stereocenters. The molecule has 0 saturated carbocycles. The van der Waals surface area contributed by atoms with Gasteiger partial charge < -0.3 is 5.32 Å². The van der Waals surface area contributed by atoms with E-state index in [4.69, 9.17) is 0 Å². The van der Waals surface area contributed by atoms with Gasteiger partial charge in [-0.05, 0) is 17.7 Å². The van der Waals surface area contributed by atoms with Crippen LogP contribution in [-0.2, 0) is 4.79 Å². The van der Waals surface area contributed by atoms with E-state index in [2.05, 4.69) is 36.0 Å². The molecule has 0 aliphatic rings. The van der Waals surface area contributed by atoms with Gasteiger partial charge in [0, 0.05) is 0 Å². The molecular formula is C18H15N7OS2. The van der Waals surface area contributed by atoms with Crippen molar-refractivity contribution in [3.05, 3.63) is 60.2 Å². The third-order valence-electron chi connectivity index (χ3n) is 3.52. The number of nitrogens with one attached hydrogen (secondary N) is 3. The summed E-state index contributed by atoms with van der Waals surface area (Å²) in [7, 11) is 0. The smallest absolute Gasteiger partial charge is 0.240 e. The molecule has 0 aliphatic carbocycles. The number of carbonyl (C=O) groups is 1. The van der Waals surface area contributed by atoms with E-state index >= 15 is 0 Å². The summed E-state index contributed by atoms with van der Waals surface area (Å²) in [4.78, 5) is 20.7. The number of nitrogens with zero attached hydrogens (tertiary/aromatic N) is 4. The number of H-pyrrole nitrogens is 1. The predicted molar refractivity (Wildman–Crippen MR) is 113 cm³/mol. The zero-order valence-corrected chi connectivity index (χ0v) is 16.1. The molecule has 0 unspecified atom stereocenters. The van der Waals surface area contributed by atoms with E-state index in [-0.39, 0.29) is 11.7 Å². The second kappa shape index (κ2) is 8.63. The number of carbonyl (C=O) groups excluding carboxylic acids is 1. The normalized spacial score (nSPS) is 11.1. The molecule has 0 saturated heterocycles. The minimum atomic E-state index is -0.162. The number of hydrazone groups is 1. The molecule has 2 aromatic heterocycles. The fraction of sp³-hybridized carbons (Fsp3) is 0.0556. The first kappa shape index (κ1) is 18.1. The van der Waals surface area contributed by atoms with Crippen LogP contribution in [0, 0.1) is 0 Å². The Hall–Kier alpha value is -3.24. The third-order valence-corrected chi connectivity index (χ3v) is 5.32. The number of fused-ring (bicyclic) bond motifs is 1. The van der Waals surface area contributed by atoms with E-state index in [0.29, 0.717) is 16.2 Å². The van der Waals surface area contributed by atoms with Crippen LogP contribution in [0.15, 0.2) is 64.9 Å². The Morgan fingerprint density at radius 3 is 2.82 bits per heavy atom. The molecule has 28 heavy (non-hydrogen) atoms. The van der Waals surface area contributed by atoms with Crippen molar-refractivity contribution >= 4 is 56.5 Å². The van der Waals surface area contributed by atoms with Gasteiger partial charge in [-0.1, -0.05) is 65.6 Å². The molecule has 4 aromatic rings. The SMILES string of the molecule is O=C(CSc1n[nH]c(N/N=C\c2ccccc2)n1)Nc1nc2ccccc2s1. The van der Waals surface area contributed by atoms with Crippen molar-refractivity contribution in [3.8, 4) is 0 Å². The number of aromatic amines is 1. The maximum atomic E-state index is 12.1. The van der Waals surface area contributed by atoms with Gasteiger partial charge in [0.25, 0.3) is 0 Å². The second-order valence-electron chi connectivity index (χ2n) is 5.57. The number of thioether (sulfide) groups is 1. The Morgan fingerprint density at radius 2 is 1.96 bits per heavy atom. The first-order valence-corrected chi connectivity index (χ1v) is 10.1. The zero-order valence-electron chi connectivity index (χ0n) is 14.5. The molecule has 2 heterocycles. The number of hydrogen-bond donors (Lipinski definition) is 3. The minimum Gasteiger partial charge on any atom is -0.301 e. The van der Waals surface area contributed by atoms with Gasteiger partial charge in [-0.15, -0.1) is 5.10 Å². The Morgan fingerprint density at radius 1 is 1.14 bits per heavy atom. The summed E-state index contributed by atoms with van der Waals surface area (Å²) in [5.74, 6) is 0.423. The summed E-state index contributed by atoms with van der Waals surface area (Å²) in [5, 5.41) is 14.7. The van der Waals surface area contributed by atoms with Gasteiger partial charge in [-0.3, -0.25) is 4.79 Å². The number of thiazole rings is 1. The van der Waals surface area contributed by atoms with E-state index in [0.717, 1.165) is 15.8 Å². The van der Waals surface area contributed by atoms with Gasteiger partial charge in [0.1, 0.15) is 0 Å². The lowest BCUT2D eigenvalue weighted by Gasteiger charge is -1.98. The second-order valence-corrected chi connectivity index (χ2v) is 7.54. The summed E-state index contributed by atoms with van der Waals surface area (Å²) < 4.78 is 1.03. The Kier molecular flexibility index (Phi) is 5.59. The highest BCUT2D eigenvalue weighted by atomic mass is 32.2. The lowest BCUT2D eigenvalue weighted by atomic mass is 10.2. The van der Waals surface area contributed by atoms with Crippen LogP contribution in [-0.4, -0.2) is 38.0 Å². The minimum absolute atomic E-state index is 0.162. The van der Waals surface area contributed by atoms with Crippen molar-refractivity contribution in [2.75, 3.05) is 16.5 Å². The van der Waals surface area contributed by atoms with Gasteiger partial charge in [0.2, 0.25) is 17.0 Å². The molecule has 140 valence electrons. The van der Waals surface area contributed by atoms with Crippen LogP contribution in [0.4, 0.5) is 11.1 Å². The van der Waals surface area contributed by atoms with E-state index in [9.17, 15) is 4.79 Å². The van der Waals surface area contributed by atoms with Crippen molar-refractivity contribution in [1.29, 1.82) is 0 Å². The number of para-hydroxylation sites is 1. The van der Waals surface area contributed by atoms with Crippen LogP contribution in [0.1, 0.15) is 5.56 Å². The number of rotatable bonds is 7. The lowest BCUT2D eigenvalue weighted by molar-refractivity contribution is -0.113. The summed E-state index contributed by atoms with van der Waals surface area (Å²) in [6, 6.07) is 17.4. The van der Waals surface area contributed by atoms with Crippen molar-refractivity contribution in [2.24, 2.45) is 5.10 Å². The molecule has 0 aliphatic heterocycles. The van der Waals surface area contributed by atoms with Gasteiger partial charge in [0.15, 0.2) is 5.13 Å². The molecule has 0 spiro atoms. The highest BCUT2D eigenvalue weighted by molar-refractivity contribution is 7.99. The quantitative estimate of drug-likeness (QED) is 0.245. The van der Waals surface area contributed by atoms with Crippen molar-refractivity contribution in [2.45, 2.75) is 5.16 Å². The molecule has 10 heteroatoms. The van der Waals surface area contributed by atoms with E-state index < -0.39 is 0 Å². The molecule has 4 rings (SSSR count). The van der Waals surface area contributed by atoms with Crippen LogP contribution in [0.25, 0.3) is 10.2 Å². The van der Waals surface area contributed by atoms with Crippen LogP contribution >= 0.6 is 23.1 Å². The van der Waals surface area contributed by atoms with Gasteiger partial charge in [-0.2, -0.15) is 10.1 Å². The highest BCUT2D eigenvalue weighted by Crippen LogP contribution is 2.25. The molecular weight excluding hydrogens is 394 g/mol. The number of amides is 1. The van der Waals surface area contributed by atoms with Crippen molar-refractivity contribution in [3.63, 3.8) is 0 Å². The predicted octanol–water partition coefficient (Wildman–Crippen LogP) is 3.59. The Balaban J connectivity index is 1.26. The maximum Gasteiger partial charge on any atom is 0.240 e. The van der Waals surface area contributed by atoms with Gasteiger partial charge in [-0.25, -0.2) is 15.5 Å². The standard InChI is InChI=1S/C18H15N7OS2/c26-15(21-17-20-13-8-4-5-9-14(13)28-17)11-27-18-22-16(24-25-18)23-19-10-12-6-2-1-3-7-12/h1-10H,11H2,(H,20,21,26)(H2,22,23,24,25)/b19-10-. The largest absolute Gasteiger partial charge is 0.301 e. The Bertz CT molecular complexity index is 1070. The molecule has 0 bridgehead atoms. The molecule has 1 amide bonds. The van der Waals surface area contributed by atoms with Gasteiger partial charge in [0.05, 0.1) is 22.2 Å². The number of hydrogen-bond acceptors (Lipinski definition) is 8. The average molecular weight is 410 g/mol. The lowest BCUT2D eigenvalue weighted by Crippen LogP contribution is -2.13. The highest BCUT2D eigenvalue weighted by Gasteiger charge is 2.10. The maximum absolute atomic E-state index is 12.1. The number of benzene rings is 2. The van der Waals surface area contributed by atoms with Crippen LogP contribution < -0.4 is 10.7 Å². The third kappa shape index (κ3) is 4.72. The van der Waals surface area contributed by atoms with Crippen LogP contribution in [0.3, 0.4) is 0 Å². The molecule has 0 fully saturated rings. The van der Waals surface area contributed by atoms with Crippen molar-refractivity contribution < 1.29 is 4.79 Å². The summed E-state index contributed by atoms with van der Waals surface area (Å²) in [6.45, 7) is 0. The first-order valence-electron chi connectivity index (χ1n) is 8.31. The monoisotopic (exact) mass is 409 g/mol. The fourth-order valence-corrected chi connectivity index (χ4v) is 3.76. The fourth-order valence-electron chi connectivity index (χ4n) is 2.28.